The smallest absolute Gasteiger partial charge is 0.312 e. The van der Waals surface area contributed by atoms with Crippen LogP contribution in [0.1, 0.15) is 41.4 Å². The Morgan fingerprint density at radius 3 is 0.742 bits per heavy atom. The number of para-hydroxylation sites is 4. The Morgan fingerprint density at radius 2 is 0.561 bits per heavy atom. The van der Waals surface area contributed by atoms with Crippen LogP contribution in [0.3, 0.4) is 0 Å². The Balaban J connectivity index is 1.58. The molecule has 0 saturated heterocycles. The molecule has 0 saturated carbocycles. The van der Waals surface area contributed by atoms with E-state index >= 15 is 0 Å². The van der Waals surface area contributed by atoms with Gasteiger partial charge in [-0.15, -0.1) is 0 Å². The molecule has 6 amide bonds. The van der Waals surface area contributed by atoms with E-state index in [1.807, 2.05) is 0 Å². The Morgan fingerprint density at radius 1 is 0.348 bits per heavy atom. The second-order valence-electron chi connectivity index (χ2n) is 13.8. The number of hydrogen-bond donors (Lipinski definition) is 4. The van der Waals surface area contributed by atoms with Crippen molar-refractivity contribution in [2.24, 2.45) is 0 Å². The lowest BCUT2D eigenvalue weighted by atomic mass is 10.1. The molecule has 0 aliphatic rings. The van der Waals surface area contributed by atoms with Crippen LogP contribution in [0.25, 0.3) is 0 Å². The summed E-state index contributed by atoms with van der Waals surface area (Å²) in [6.45, 7) is -1.28. The minimum absolute atomic E-state index is 0.132. The molecule has 0 aliphatic carbocycles. The Bertz CT molecular complexity index is 2030. The molecule has 0 unspecified atom stereocenters. The van der Waals surface area contributed by atoms with Crippen molar-refractivity contribution in [3.8, 4) is 46.0 Å². The largest absolute Gasteiger partial charge is 0.493 e. The molecule has 20 nitrogen and oxygen atoms in total. The first-order chi connectivity index (χ1) is 31.9. The number of ether oxygens (including phenoxy) is 8. The van der Waals surface area contributed by atoms with Crippen LogP contribution in [0.5, 0.6) is 46.0 Å². The Hall–Kier alpha value is -7.90. The number of hydrogen-bond acceptors (Lipinski definition) is 14. The molecule has 354 valence electrons. The van der Waals surface area contributed by atoms with E-state index in [9.17, 15) is 28.8 Å². The van der Waals surface area contributed by atoms with E-state index in [-0.39, 0.29) is 97.6 Å². The maximum atomic E-state index is 14.3. The normalized spacial score (nSPS) is 10.4. The molecule has 0 spiro atoms. The second kappa shape index (κ2) is 25.4. The first-order valence-electron chi connectivity index (χ1n) is 20.5. The van der Waals surface area contributed by atoms with Crippen molar-refractivity contribution in [1.29, 1.82) is 0 Å². The maximum absolute atomic E-state index is 14.3. The number of carbonyl (C=O) groups is 6. The van der Waals surface area contributed by atoms with Crippen molar-refractivity contribution < 1.29 is 66.7 Å². The molecule has 20 heteroatoms. The monoisotopic (exact) mass is 916 g/mol. The first-order valence-corrected chi connectivity index (χ1v) is 20.5. The van der Waals surface area contributed by atoms with Crippen LogP contribution in [-0.4, -0.2) is 154 Å². The quantitative estimate of drug-likeness (QED) is 0.0741. The average Bonchev–Trinajstić information content (AvgIpc) is 3.35. The molecule has 0 heterocycles. The fourth-order valence-corrected chi connectivity index (χ4v) is 6.76. The maximum Gasteiger partial charge on any atom is 0.312 e. The van der Waals surface area contributed by atoms with Gasteiger partial charge >= 0.3 is 11.8 Å². The molecular formula is C46H56N6O14. The molecule has 0 radical (unpaired) electrons. The highest BCUT2D eigenvalue weighted by Crippen LogP contribution is 2.33. The van der Waals surface area contributed by atoms with Gasteiger partial charge in [-0.25, -0.2) is 0 Å². The van der Waals surface area contributed by atoms with E-state index in [0.717, 1.165) is 0 Å². The van der Waals surface area contributed by atoms with Crippen molar-refractivity contribution in [3.63, 3.8) is 0 Å². The van der Waals surface area contributed by atoms with E-state index < -0.39 is 35.4 Å². The molecule has 0 fully saturated rings. The molecular weight excluding hydrogens is 861 g/mol. The van der Waals surface area contributed by atoms with E-state index in [2.05, 4.69) is 21.3 Å². The van der Waals surface area contributed by atoms with Crippen molar-refractivity contribution in [1.82, 2.24) is 31.1 Å². The van der Waals surface area contributed by atoms with Gasteiger partial charge in [0, 0.05) is 52.4 Å². The SMILES string of the molecule is COc1cccc(C(=O)NCCN(CCNC(=O)c2cccc(OC)c2OC)C(=O)C(=O)N(CCNC(=O)c2cccc(OC)c2OC)CCNC(=O)c2cccc(OC)c2OC)c1OC. The van der Waals surface area contributed by atoms with Gasteiger partial charge in [-0.1, -0.05) is 24.3 Å². The molecule has 4 aromatic rings. The van der Waals surface area contributed by atoms with Gasteiger partial charge in [0.25, 0.3) is 23.6 Å². The third-order valence-electron chi connectivity index (χ3n) is 10.0. The van der Waals surface area contributed by atoms with Gasteiger partial charge in [-0.2, -0.15) is 0 Å². The predicted octanol–water partition coefficient (Wildman–Crippen LogP) is 2.43. The van der Waals surface area contributed by atoms with Crippen molar-refractivity contribution in [2.45, 2.75) is 0 Å². The summed E-state index contributed by atoms with van der Waals surface area (Å²) in [5, 5.41) is 11.0. The summed E-state index contributed by atoms with van der Waals surface area (Å²) >= 11 is 0. The van der Waals surface area contributed by atoms with E-state index in [1.54, 1.807) is 48.5 Å². The minimum atomic E-state index is -1.00. The number of benzene rings is 4. The lowest BCUT2D eigenvalue weighted by molar-refractivity contribution is -0.151. The topological polar surface area (TPSA) is 231 Å². The van der Waals surface area contributed by atoms with Gasteiger partial charge < -0.3 is 69.0 Å². The van der Waals surface area contributed by atoms with Crippen LogP contribution >= 0.6 is 0 Å². The summed E-state index contributed by atoms with van der Waals surface area (Å²) in [6, 6.07) is 19.1. The van der Waals surface area contributed by atoms with Gasteiger partial charge in [-0.05, 0) is 48.5 Å². The third kappa shape index (κ3) is 12.6. The zero-order chi connectivity index (χ0) is 48.2. The lowest BCUT2D eigenvalue weighted by Gasteiger charge is -2.28. The third-order valence-corrected chi connectivity index (χ3v) is 10.0. The van der Waals surface area contributed by atoms with Gasteiger partial charge in [0.05, 0.1) is 79.1 Å². The van der Waals surface area contributed by atoms with Crippen LogP contribution in [0.15, 0.2) is 72.8 Å². The summed E-state index contributed by atoms with van der Waals surface area (Å²) in [6.07, 6.45) is 0. The van der Waals surface area contributed by atoms with Crippen molar-refractivity contribution in [2.75, 3.05) is 109 Å². The Kier molecular flexibility index (Phi) is 19.5. The van der Waals surface area contributed by atoms with E-state index in [1.165, 1.54) is 90.9 Å². The average molecular weight is 917 g/mol. The molecule has 66 heavy (non-hydrogen) atoms. The fourth-order valence-electron chi connectivity index (χ4n) is 6.76. The summed E-state index contributed by atoms with van der Waals surface area (Å²) in [4.78, 5) is 84.4. The highest BCUT2D eigenvalue weighted by molar-refractivity contribution is 6.35. The lowest BCUT2D eigenvalue weighted by Crippen LogP contribution is -2.52. The van der Waals surface area contributed by atoms with Gasteiger partial charge in [-0.3, -0.25) is 28.8 Å². The fraction of sp³-hybridized carbons (Fsp3) is 0.348. The summed E-state index contributed by atoms with van der Waals surface area (Å²) in [7, 11) is 11.3. The van der Waals surface area contributed by atoms with Gasteiger partial charge in [0.15, 0.2) is 46.0 Å². The predicted molar refractivity (Wildman–Crippen MR) is 241 cm³/mol. The van der Waals surface area contributed by atoms with Crippen LogP contribution in [0, 0.1) is 0 Å². The van der Waals surface area contributed by atoms with Crippen molar-refractivity contribution in [3.05, 3.63) is 95.1 Å². The second-order valence-corrected chi connectivity index (χ2v) is 13.8. The number of methoxy groups -OCH3 is 8. The molecule has 4 N–H and O–H groups in total. The number of rotatable bonds is 24. The van der Waals surface area contributed by atoms with E-state index in [4.69, 9.17) is 37.9 Å². The molecule has 0 atom stereocenters. The molecule has 4 rings (SSSR count). The molecule has 0 bridgehead atoms. The van der Waals surface area contributed by atoms with Gasteiger partial charge in [0.2, 0.25) is 0 Å². The first kappa shape index (κ1) is 50.7. The summed E-state index contributed by atoms with van der Waals surface area (Å²) in [5.74, 6) is -2.09. The van der Waals surface area contributed by atoms with Crippen LogP contribution in [-0.2, 0) is 9.59 Å². The summed E-state index contributed by atoms with van der Waals surface area (Å²) < 4.78 is 42.9. The highest BCUT2D eigenvalue weighted by atomic mass is 16.5. The highest BCUT2D eigenvalue weighted by Gasteiger charge is 2.29. The zero-order valence-corrected chi connectivity index (χ0v) is 38.2. The number of nitrogens with zero attached hydrogens (tertiary/aromatic N) is 2. The van der Waals surface area contributed by atoms with Crippen LogP contribution < -0.4 is 59.2 Å². The molecule has 0 aromatic heterocycles. The number of carbonyl (C=O) groups excluding carboxylic acids is 6. The molecule has 4 aromatic carbocycles. The summed E-state index contributed by atoms with van der Waals surface area (Å²) in [5.41, 5.74) is 0.662. The number of amides is 6. The Labute approximate surface area is 382 Å². The van der Waals surface area contributed by atoms with E-state index in [0.29, 0.717) is 23.0 Å². The standard InChI is InChI=1S/C46H56N6O14/c1-59-33-17-9-13-29(37(33)63-5)41(53)47-21-25-51(26-22-48-42(54)30-14-10-18-34(60-2)38(30)64-6)45(57)46(58)52(27-23-49-43(55)31-15-11-19-35(61-3)39(31)65-7)28-24-50-44(56)32-16-12-20-36(62-4)40(32)66-8/h9-20H,21-28H2,1-8H3,(H,47,53)(H,48,54)(H,49,55)(H,50,56). The van der Waals surface area contributed by atoms with Gasteiger partial charge in [0.1, 0.15) is 0 Å². The van der Waals surface area contributed by atoms with Crippen molar-refractivity contribution >= 4 is 35.4 Å². The number of nitrogens with one attached hydrogen (secondary N) is 4. The minimum Gasteiger partial charge on any atom is -0.493 e. The molecule has 0 aliphatic heterocycles. The zero-order valence-electron chi connectivity index (χ0n) is 38.2. The van der Waals surface area contributed by atoms with Crippen LogP contribution in [0.4, 0.5) is 0 Å². The van der Waals surface area contributed by atoms with Crippen LogP contribution in [0.2, 0.25) is 0 Å².